The van der Waals surface area contributed by atoms with Gasteiger partial charge in [0.15, 0.2) is 0 Å². The van der Waals surface area contributed by atoms with E-state index in [-0.39, 0.29) is 30.0 Å². The minimum atomic E-state index is -4.76. The number of halogens is 4. The average Bonchev–Trinajstić information content (AvgIpc) is 3.16. The second kappa shape index (κ2) is 9.84. The van der Waals surface area contributed by atoms with Crippen LogP contribution in [0.25, 0.3) is 22.5 Å². The number of hydrogen-bond donors (Lipinski definition) is 3. The summed E-state index contributed by atoms with van der Waals surface area (Å²) in [4.78, 5) is 12.2. The number of hydrogen-bond acceptors (Lipinski definition) is 4. The van der Waals surface area contributed by atoms with Crippen molar-refractivity contribution >= 4 is 24.0 Å². The van der Waals surface area contributed by atoms with E-state index in [1.807, 2.05) is 13.8 Å². The zero-order chi connectivity index (χ0) is 21.9. The Bertz CT molecular complexity index is 1040. The molecule has 3 rings (SSSR count). The minimum absolute atomic E-state index is 0. The van der Waals surface area contributed by atoms with Crippen LogP contribution in [0, 0.1) is 5.92 Å². The van der Waals surface area contributed by atoms with E-state index in [1.54, 1.807) is 36.4 Å². The summed E-state index contributed by atoms with van der Waals surface area (Å²) in [5, 5.41) is 9.81. The van der Waals surface area contributed by atoms with Gasteiger partial charge in [0.1, 0.15) is 5.75 Å². The highest BCUT2D eigenvalue weighted by atomic mass is 35.5. The lowest BCUT2D eigenvalue weighted by atomic mass is 10.0. The van der Waals surface area contributed by atoms with Gasteiger partial charge < -0.3 is 15.8 Å². The van der Waals surface area contributed by atoms with E-state index in [0.29, 0.717) is 22.6 Å². The number of H-pyrrole nitrogens is 1. The Morgan fingerprint density at radius 1 is 1.10 bits per heavy atom. The van der Waals surface area contributed by atoms with Crippen molar-refractivity contribution in [2.45, 2.75) is 26.3 Å². The third kappa shape index (κ3) is 6.47. The standard InChI is InChI=1S/C21H21F3N4O2.ClH/c1-12(2)19(25)20(29)26-15-7-3-5-13(9-15)17-11-18(28-27-17)14-6-4-8-16(10-14)30-21(22,23)24;/h3-12,19H,25H2,1-2H3,(H,26,29)(H,27,28);1H/t19-;/m0./s1. The molecule has 10 heteroatoms. The van der Waals surface area contributed by atoms with Gasteiger partial charge in [0.05, 0.1) is 17.4 Å². The van der Waals surface area contributed by atoms with E-state index < -0.39 is 12.4 Å². The Balaban J connectivity index is 0.00000341. The van der Waals surface area contributed by atoms with Gasteiger partial charge in [-0.3, -0.25) is 9.89 Å². The number of rotatable bonds is 6. The summed E-state index contributed by atoms with van der Waals surface area (Å²) < 4.78 is 41.3. The van der Waals surface area contributed by atoms with E-state index in [0.717, 1.165) is 5.56 Å². The molecule has 4 N–H and O–H groups in total. The summed E-state index contributed by atoms with van der Waals surface area (Å²) in [6.07, 6.45) is -4.76. The number of nitrogens with zero attached hydrogens (tertiary/aromatic N) is 1. The molecule has 0 fully saturated rings. The number of aromatic nitrogens is 2. The van der Waals surface area contributed by atoms with Gasteiger partial charge in [-0.15, -0.1) is 25.6 Å². The molecule has 0 spiro atoms. The highest BCUT2D eigenvalue weighted by Crippen LogP contribution is 2.29. The van der Waals surface area contributed by atoms with Gasteiger partial charge in [0.25, 0.3) is 0 Å². The third-order valence-corrected chi connectivity index (χ3v) is 4.40. The molecular formula is C21H22ClF3N4O2. The van der Waals surface area contributed by atoms with Crippen LogP contribution in [0.15, 0.2) is 54.6 Å². The summed E-state index contributed by atoms with van der Waals surface area (Å²) in [6, 6.07) is 13.7. The van der Waals surface area contributed by atoms with E-state index in [2.05, 4.69) is 20.3 Å². The second-order valence-electron chi connectivity index (χ2n) is 7.08. The van der Waals surface area contributed by atoms with Crippen LogP contribution in [-0.4, -0.2) is 28.5 Å². The molecule has 1 aromatic heterocycles. The molecule has 0 aliphatic rings. The maximum atomic E-state index is 12.4. The van der Waals surface area contributed by atoms with Gasteiger partial charge in [-0.05, 0) is 36.2 Å². The van der Waals surface area contributed by atoms with Crippen molar-refractivity contribution < 1.29 is 22.7 Å². The van der Waals surface area contributed by atoms with Crippen LogP contribution in [0.4, 0.5) is 18.9 Å². The number of nitrogens with one attached hydrogen (secondary N) is 2. The second-order valence-corrected chi connectivity index (χ2v) is 7.08. The Hall–Kier alpha value is -3.04. The number of nitrogens with two attached hydrogens (primary N) is 1. The summed E-state index contributed by atoms with van der Waals surface area (Å²) in [7, 11) is 0. The van der Waals surface area contributed by atoms with Crippen LogP contribution in [0.5, 0.6) is 5.75 Å². The van der Waals surface area contributed by atoms with Gasteiger partial charge in [-0.1, -0.05) is 38.1 Å². The van der Waals surface area contributed by atoms with Crippen LogP contribution >= 0.6 is 12.4 Å². The average molecular weight is 455 g/mol. The van der Waals surface area contributed by atoms with Crippen LogP contribution < -0.4 is 15.8 Å². The molecule has 2 aromatic carbocycles. The molecule has 0 saturated carbocycles. The highest BCUT2D eigenvalue weighted by molar-refractivity contribution is 5.95. The lowest BCUT2D eigenvalue weighted by molar-refractivity contribution is -0.274. The topological polar surface area (TPSA) is 93.0 Å². The maximum absolute atomic E-state index is 12.4. The summed E-state index contributed by atoms with van der Waals surface area (Å²) in [5.41, 5.74) is 8.73. The molecule has 1 heterocycles. The van der Waals surface area contributed by atoms with Crippen molar-refractivity contribution in [3.8, 4) is 28.3 Å². The first-order valence-electron chi connectivity index (χ1n) is 9.21. The fourth-order valence-electron chi connectivity index (χ4n) is 2.76. The molecule has 0 unspecified atom stereocenters. The SMILES string of the molecule is CC(C)[C@H](N)C(=O)Nc1cccc(-c2cc(-c3cccc(OC(F)(F)F)c3)[nH]n2)c1.Cl. The number of alkyl halides is 3. The minimum Gasteiger partial charge on any atom is -0.406 e. The van der Waals surface area contributed by atoms with Gasteiger partial charge in [-0.2, -0.15) is 5.10 Å². The van der Waals surface area contributed by atoms with Gasteiger partial charge in [-0.25, -0.2) is 0 Å². The Kier molecular flexibility index (Phi) is 7.70. The Labute approximate surface area is 183 Å². The van der Waals surface area contributed by atoms with Crippen molar-refractivity contribution in [1.29, 1.82) is 0 Å². The van der Waals surface area contributed by atoms with Gasteiger partial charge in [0, 0.05) is 16.8 Å². The molecule has 0 aliphatic carbocycles. The molecule has 6 nitrogen and oxygen atoms in total. The number of carbonyl (C=O) groups excluding carboxylic acids is 1. The van der Waals surface area contributed by atoms with Crippen molar-refractivity contribution in [3.63, 3.8) is 0 Å². The smallest absolute Gasteiger partial charge is 0.406 e. The van der Waals surface area contributed by atoms with Crippen LogP contribution in [0.3, 0.4) is 0 Å². The van der Waals surface area contributed by atoms with E-state index in [1.165, 1.54) is 18.2 Å². The van der Waals surface area contributed by atoms with Crippen LogP contribution in [0.2, 0.25) is 0 Å². The molecule has 0 saturated heterocycles. The van der Waals surface area contributed by atoms with E-state index >= 15 is 0 Å². The fraction of sp³-hybridized carbons (Fsp3) is 0.238. The number of anilines is 1. The first-order valence-corrected chi connectivity index (χ1v) is 9.21. The van der Waals surface area contributed by atoms with Crippen LogP contribution in [0.1, 0.15) is 13.8 Å². The van der Waals surface area contributed by atoms with Crippen molar-refractivity contribution in [2.24, 2.45) is 11.7 Å². The predicted molar refractivity (Wildman–Crippen MR) is 115 cm³/mol. The molecule has 0 bridgehead atoms. The zero-order valence-corrected chi connectivity index (χ0v) is 17.6. The van der Waals surface area contributed by atoms with Crippen molar-refractivity contribution in [2.75, 3.05) is 5.32 Å². The van der Waals surface area contributed by atoms with Crippen molar-refractivity contribution in [1.82, 2.24) is 10.2 Å². The number of aromatic amines is 1. The predicted octanol–water partition coefficient (Wildman–Crippen LogP) is 4.99. The van der Waals surface area contributed by atoms with Gasteiger partial charge >= 0.3 is 6.36 Å². The molecule has 0 radical (unpaired) electrons. The highest BCUT2D eigenvalue weighted by Gasteiger charge is 2.31. The Morgan fingerprint density at radius 2 is 1.77 bits per heavy atom. The first-order chi connectivity index (χ1) is 14.1. The quantitative estimate of drug-likeness (QED) is 0.489. The Morgan fingerprint density at radius 3 is 2.45 bits per heavy atom. The first kappa shape index (κ1) is 24.2. The van der Waals surface area contributed by atoms with Crippen LogP contribution in [-0.2, 0) is 4.79 Å². The fourth-order valence-corrected chi connectivity index (χ4v) is 2.76. The number of amides is 1. The molecule has 0 aliphatic heterocycles. The monoisotopic (exact) mass is 454 g/mol. The number of benzene rings is 2. The molecular weight excluding hydrogens is 433 g/mol. The van der Waals surface area contributed by atoms with E-state index in [4.69, 9.17) is 5.73 Å². The largest absolute Gasteiger partial charge is 0.573 e. The summed E-state index contributed by atoms with van der Waals surface area (Å²) in [5.74, 6) is -0.604. The van der Waals surface area contributed by atoms with E-state index in [9.17, 15) is 18.0 Å². The maximum Gasteiger partial charge on any atom is 0.573 e. The molecule has 1 amide bonds. The lowest BCUT2D eigenvalue weighted by Gasteiger charge is -2.15. The van der Waals surface area contributed by atoms with Crippen molar-refractivity contribution in [3.05, 3.63) is 54.6 Å². The van der Waals surface area contributed by atoms with Gasteiger partial charge in [0.2, 0.25) is 5.91 Å². The third-order valence-electron chi connectivity index (χ3n) is 4.40. The molecule has 166 valence electrons. The molecule has 3 aromatic rings. The summed E-state index contributed by atoms with van der Waals surface area (Å²) in [6.45, 7) is 3.72. The zero-order valence-electron chi connectivity index (χ0n) is 16.7. The normalized spacial score (nSPS) is 12.2. The lowest BCUT2D eigenvalue weighted by Crippen LogP contribution is -2.39. The summed E-state index contributed by atoms with van der Waals surface area (Å²) >= 11 is 0. The molecule has 1 atom stereocenters. The molecule has 31 heavy (non-hydrogen) atoms. The number of ether oxygens (including phenoxy) is 1. The number of carbonyl (C=O) groups is 1.